The molecule has 3 aromatic rings. The first-order chi connectivity index (χ1) is 12.4. The maximum atomic E-state index is 12.7. The summed E-state index contributed by atoms with van der Waals surface area (Å²) in [4.78, 5) is 16.1. The molecule has 1 N–H and O–H groups in total. The molecule has 1 amide bonds. The Labute approximate surface area is 151 Å². The summed E-state index contributed by atoms with van der Waals surface area (Å²) >= 11 is 1.37. The minimum atomic E-state index is -4.48. The molecule has 0 aliphatic heterocycles. The van der Waals surface area contributed by atoms with E-state index in [9.17, 15) is 18.0 Å². The molecule has 0 bridgehead atoms. The summed E-state index contributed by atoms with van der Waals surface area (Å²) in [5.74, 6) is 0.0344. The van der Waals surface area contributed by atoms with Gasteiger partial charge in [-0.05, 0) is 35.9 Å². The van der Waals surface area contributed by atoms with Crippen molar-refractivity contribution in [3.05, 3.63) is 76.8 Å². The van der Waals surface area contributed by atoms with Gasteiger partial charge in [0, 0.05) is 23.7 Å². The van der Waals surface area contributed by atoms with Gasteiger partial charge in [0.15, 0.2) is 0 Å². The molecule has 8 heteroatoms. The van der Waals surface area contributed by atoms with Crippen LogP contribution in [-0.4, -0.2) is 10.9 Å². The van der Waals surface area contributed by atoms with E-state index in [4.69, 9.17) is 4.74 Å². The van der Waals surface area contributed by atoms with E-state index in [-0.39, 0.29) is 12.1 Å². The number of benzene rings is 2. The van der Waals surface area contributed by atoms with Crippen LogP contribution < -0.4 is 10.1 Å². The lowest BCUT2D eigenvalue weighted by Crippen LogP contribution is -2.23. The number of halogens is 3. The minimum Gasteiger partial charge on any atom is -0.431 e. The van der Waals surface area contributed by atoms with Crippen LogP contribution in [0.2, 0.25) is 0 Å². The molecule has 0 unspecified atom stereocenters. The molecule has 2 aromatic carbocycles. The fourth-order valence-corrected chi connectivity index (χ4v) is 2.66. The summed E-state index contributed by atoms with van der Waals surface area (Å²) in [6.07, 6.45) is -2.85. The Morgan fingerprint density at radius 3 is 2.58 bits per heavy atom. The SMILES string of the molecule is O=C(NCc1ccc(Oc2nccs2)cc1)c1cccc(C(F)(F)F)c1. The smallest absolute Gasteiger partial charge is 0.416 e. The van der Waals surface area contributed by atoms with Crippen LogP contribution in [0.5, 0.6) is 10.9 Å². The van der Waals surface area contributed by atoms with Gasteiger partial charge in [0.25, 0.3) is 11.1 Å². The Bertz CT molecular complexity index is 878. The monoisotopic (exact) mass is 378 g/mol. The van der Waals surface area contributed by atoms with Crippen molar-refractivity contribution in [2.24, 2.45) is 0 Å². The van der Waals surface area contributed by atoms with Gasteiger partial charge >= 0.3 is 6.18 Å². The third-order valence-electron chi connectivity index (χ3n) is 3.44. The van der Waals surface area contributed by atoms with E-state index < -0.39 is 17.6 Å². The molecule has 134 valence electrons. The topological polar surface area (TPSA) is 51.2 Å². The number of ether oxygens (including phenoxy) is 1. The van der Waals surface area contributed by atoms with E-state index >= 15 is 0 Å². The number of hydrogen-bond acceptors (Lipinski definition) is 4. The zero-order valence-corrected chi connectivity index (χ0v) is 14.1. The predicted molar refractivity (Wildman–Crippen MR) is 91.2 cm³/mol. The second-order valence-electron chi connectivity index (χ2n) is 5.31. The van der Waals surface area contributed by atoms with E-state index in [0.717, 1.165) is 17.7 Å². The number of carbonyl (C=O) groups is 1. The Morgan fingerprint density at radius 1 is 1.15 bits per heavy atom. The normalized spacial score (nSPS) is 11.2. The first-order valence-corrected chi connectivity index (χ1v) is 8.41. The molecule has 26 heavy (non-hydrogen) atoms. The third-order valence-corrected chi connectivity index (χ3v) is 4.09. The number of aromatic nitrogens is 1. The molecule has 0 spiro atoms. The van der Waals surface area contributed by atoms with Crippen LogP contribution in [0.15, 0.2) is 60.1 Å². The lowest BCUT2D eigenvalue weighted by molar-refractivity contribution is -0.137. The first-order valence-electron chi connectivity index (χ1n) is 7.53. The molecule has 0 atom stereocenters. The number of nitrogens with zero attached hydrogens (tertiary/aromatic N) is 1. The fraction of sp³-hybridized carbons (Fsp3) is 0.111. The summed E-state index contributed by atoms with van der Waals surface area (Å²) in [6.45, 7) is 0.187. The van der Waals surface area contributed by atoms with Crippen LogP contribution in [0.25, 0.3) is 0 Å². The van der Waals surface area contributed by atoms with Crippen LogP contribution in [-0.2, 0) is 12.7 Å². The molecule has 4 nitrogen and oxygen atoms in total. The maximum Gasteiger partial charge on any atom is 0.416 e. The van der Waals surface area contributed by atoms with Gasteiger partial charge in [-0.15, -0.1) is 0 Å². The molecule has 0 radical (unpaired) electrons. The highest BCUT2D eigenvalue weighted by Gasteiger charge is 2.30. The number of alkyl halides is 3. The summed E-state index contributed by atoms with van der Waals surface area (Å²) in [6, 6.07) is 11.3. The molecule has 1 aromatic heterocycles. The number of nitrogens with one attached hydrogen (secondary N) is 1. The quantitative estimate of drug-likeness (QED) is 0.688. The standard InChI is InChI=1S/C18H13F3N2O2S/c19-18(20,21)14-3-1-2-13(10-14)16(24)23-11-12-4-6-15(7-5-12)25-17-22-8-9-26-17/h1-10H,11H2,(H,23,24). The summed E-state index contributed by atoms with van der Waals surface area (Å²) < 4.78 is 43.7. The Kier molecular flexibility index (Phi) is 5.22. The van der Waals surface area contributed by atoms with Gasteiger partial charge in [-0.25, -0.2) is 4.98 Å². The van der Waals surface area contributed by atoms with Gasteiger partial charge in [0.2, 0.25) is 0 Å². The second-order valence-corrected chi connectivity index (χ2v) is 6.16. The van der Waals surface area contributed by atoms with Crippen molar-refractivity contribution < 1.29 is 22.7 Å². The molecule has 0 saturated carbocycles. The average Bonchev–Trinajstić information content (AvgIpc) is 3.13. The Morgan fingerprint density at radius 2 is 1.92 bits per heavy atom. The summed E-state index contributed by atoms with van der Waals surface area (Å²) in [5, 5.41) is 4.92. The number of carbonyl (C=O) groups excluding carboxylic acids is 1. The highest BCUT2D eigenvalue weighted by atomic mass is 32.1. The zero-order valence-electron chi connectivity index (χ0n) is 13.3. The number of thiazole rings is 1. The average molecular weight is 378 g/mol. The third kappa shape index (κ3) is 4.60. The molecule has 0 aliphatic rings. The molecule has 3 rings (SSSR count). The lowest BCUT2D eigenvalue weighted by atomic mass is 10.1. The molecule has 0 fully saturated rings. The molecule has 0 saturated heterocycles. The minimum absolute atomic E-state index is 0.0384. The van der Waals surface area contributed by atoms with Gasteiger partial charge in [-0.3, -0.25) is 4.79 Å². The Hall–Kier alpha value is -2.87. The van der Waals surface area contributed by atoms with E-state index in [1.807, 2.05) is 0 Å². The van der Waals surface area contributed by atoms with Crippen molar-refractivity contribution >= 4 is 17.2 Å². The van der Waals surface area contributed by atoms with Crippen molar-refractivity contribution in [2.75, 3.05) is 0 Å². The van der Waals surface area contributed by atoms with Crippen molar-refractivity contribution in [1.29, 1.82) is 0 Å². The maximum absolute atomic E-state index is 12.7. The highest BCUT2D eigenvalue weighted by Crippen LogP contribution is 2.29. The van der Waals surface area contributed by atoms with E-state index in [1.54, 1.807) is 35.8 Å². The van der Waals surface area contributed by atoms with Crippen LogP contribution >= 0.6 is 11.3 Å². The van der Waals surface area contributed by atoms with Crippen LogP contribution in [0, 0.1) is 0 Å². The molecule has 1 heterocycles. The number of rotatable bonds is 5. The van der Waals surface area contributed by atoms with Crippen molar-refractivity contribution in [3.8, 4) is 10.9 Å². The largest absolute Gasteiger partial charge is 0.431 e. The second kappa shape index (κ2) is 7.57. The Balaban J connectivity index is 1.59. The van der Waals surface area contributed by atoms with Gasteiger partial charge in [0.1, 0.15) is 5.75 Å². The molecular weight excluding hydrogens is 365 g/mol. The van der Waals surface area contributed by atoms with E-state index in [1.165, 1.54) is 23.5 Å². The van der Waals surface area contributed by atoms with Gasteiger partial charge in [-0.2, -0.15) is 13.2 Å². The fourth-order valence-electron chi connectivity index (χ4n) is 2.16. The van der Waals surface area contributed by atoms with Crippen LogP contribution in [0.1, 0.15) is 21.5 Å². The van der Waals surface area contributed by atoms with Crippen LogP contribution in [0.4, 0.5) is 13.2 Å². The van der Waals surface area contributed by atoms with Crippen molar-refractivity contribution in [3.63, 3.8) is 0 Å². The zero-order chi connectivity index (χ0) is 18.6. The predicted octanol–water partition coefficient (Wildman–Crippen LogP) is 4.88. The summed E-state index contributed by atoms with van der Waals surface area (Å²) in [5.41, 5.74) is -0.103. The number of amides is 1. The van der Waals surface area contributed by atoms with Crippen LogP contribution in [0.3, 0.4) is 0 Å². The van der Waals surface area contributed by atoms with Gasteiger partial charge in [0.05, 0.1) is 5.56 Å². The molecular formula is C18H13F3N2O2S. The first kappa shape index (κ1) is 17.9. The van der Waals surface area contributed by atoms with Gasteiger partial charge < -0.3 is 10.1 Å². The van der Waals surface area contributed by atoms with E-state index in [2.05, 4.69) is 10.3 Å². The lowest BCUT2D eigenvalue weighted by Gasteiger charge is -2.09. The summed E-state index contributed by atoms with van der Waals surface area (Å²) in [7, 11) is 0. The highest BCUT2D eigenvalue weighted by molar-refractivity contribution is 7.11. The van der Waals surface area contributed by atoms with Crippen molar-refractivity contribution in [1.82, 2.24) is 10.3 Å². The molecule has 0 aliphatic carbocycles. The van der Waals surface area contributed by atoms with Gasteiger partial charge in [-0.1, -0.05) is 29.5 Å². The van der Waals surface area contributed by atoms with Crippen molar-refractivity contribution in [2.45, 2.75) is 12.7 Å². The number of hydrogen-bond donors (Lipinski definition) is 1. The van der Waals surface area contributed by atoms with E-state index in [0.29, 0.717) is 10.9 Å².